The molecule has 2 aromatic heterocycles. The molecule has 0 spiro atoms. The zero-order valence-corrected chi connectivity index (χ0v) is 21.6. The number of ether oxygens (including phenoxy) is 1. The number of piperidine rings is 1. The van der Waals surface area contributed by atoms with E-state index in [1.165, 1.54) is 29.5 Å². The zero-order chi connectivity index (χ0) is 27.8. The average Bonchev–Trinajstić information content (AvgIpc) is 3.49. The van der Waals surface area contributed by atoms with Crippen LogP contribution in [0.1, 0.15) is 29.0 Å². The molecule has 0 radical (unpaired) electrons. The highest BCUT2D eigenvalue weighted by Gasteiger charge is 2.34. The van der Waals surface area contributed by atoms with E-state index in [0.717, 1.165) is 12.1 Å². The smallest absolute Gasteiger partial charge is 0.439 e. The van der Waals surface area contributed by atoms with Gasteiger partial charge in [-0.2, -0.15) is 13.2 Å². The fourth-order valence-electron chi connectivity index (χ4n) is 4.07. The Bertz CT molecular complexity index is 1510. The highest BCUT2D eigenvalue weighted by Crippen LogP contribution is 2.35. The minimum absolute atomic E-state index is 0.0636. The van der Waals surface area contributed by atoms with Crippen molar-refractivity contribution in [2.24, 2.45) is 0 Å². The topological polar surface area (TPSA) is 84.3 Å². The summed E-state index contributed by atoms with van der Waals surface area (Å²) in [5, 5.41) is 4.35. The molecule has 1 saturated heterocycles. The second-order valence-electron chi connectivity index (χ2n) is 8.97. The van der Waals surface area contributed by atoms with Crippen molar-refractivity contribution in [2.45, 2.75) is 38.1 Å². The molecule has 1 fully saturated rings. The van der Waals surface area contributed by atoms with Gasteiger partial charge in [0.1, 0.15) is 17.4 Å². The number of aromatic amines is 1. The van der Waals surface area contributed by atoms with E-state index in [2.05, 4.69) is 19.6 Å². The third-order valence-corrected chi connectivity index (χ3v) is 7.64. The summed E-state index contributed by atoms with van der Waals surface area (Å²) >= 11 is 7.58. The Hall–Kier alpha value is -3.29. The van der Waals surface area contributed by atoms with E-state index < -0.39 is 23.4 Å². The summed E-state index contributed by atoms with van der Waals surface area (Å²) in [5.74, 6) is -2.85. The molecule has 1 aliphatic rings. The van der Waals surface area contributed by atoms with Crippen molar-refractivity contribution in [3.63, 3.8) is 0 Å². The molecule has 5 rings (SSSR count). The van der Waals surface area contributed by atoms with Crippen molar-refractivity contribution < 1.29 is 31.2 Å². The Morgan fingerprint density at radius 2 is 1.85 bits per heavy atom. The molecule has 0 aliphatic carbocycles. The van der Waals surface area contributed by atoms with Crippen molar-refractivity contribution >= 4 is 22.9 Å². The van der Waals surface area contributed by atoms with Crippen LogP contribution in [-0.4, -0.2) is 39.0 Å². The summed E-state index contributed by atoms with van der Waals surface area (Å²) in [6, 6.07) is 9.44. The van der Waals surface area contributed by atoms with Gasteiger partial charge >= 0.3 is 11.9 Å². The first-order chi connectivity index (χ1) is 18.5. The molecule has 0 unspecified atom stereocenters. The van der Waals surface area contributed by atoms with E-state index in [4.69, 9.17) is 16.3 Å². The van der Waals surface area contributed by atoms with E-state index in [1.807, 2.05) is 4.90 Å². The van der Waals surface area contributed by atoms with Gasteiger partial charge in [0.15, 0.2) is 5.82 Å². The highest BCUT2D eigenvalue weighted by atomic mass is 35.5. The van der Waals surface area contributed by atoms with Gasteiger partial charge in [-0.3, -0.25) is 14.4 Å². The number of benzene rings is 2. The number of thiazole rings is 1. The van der Waals surface area contributed by atoms with Crippen LogP contribution >= 0.6 is 22.9 Å². The van der Waals surface area contributed by atoms with Crippen LogP contribution in [0.15, 0.2) is 51.8 Å². The molecule has 1 N–H and O–H groups in total. The molecule has 39 heavy (non-hydrogen) atoms. The molecule has 4 aromatic rings. The lowest BCUT2D eigenvalue weighted by Gasteiger charge is -2.31. The predicted molar refractivity (Wildman–Crippen MR) is 134 cm³/mol. The van der Waals surface area contributed by atoms with Gasteiger partial charge in [-0.15, -0.1) is 11.3 Å². The molecule has 0 atom stereocenters. The summed E-state index contributed by atoms with van der Waals surface area (Å²) in [5.41, 5.74) is 0.762. The number of rotatable bonds is 7. The van der Waals surface area contributed by atoms with Gasteiger partial charge in [0, 0.05) is 43.6 Å². The van der Waals surface area contributed by atoms with Crippen LogP contribution in [0.2, 0.25) is 5.02 Å². The average molecular weight is 587 g/mol. The Morgan fingerprint density at radius 1 is 1.13 bits per heavy atom. The second kappa shape index (κ2) is 10.7. The largest absolute Gasteiger partial charge is 0.488 e. The van der Waals surface area contributed by atoms with Crippen LogP contribution in [0.4, 0.5) is 22.0 Å². The number of aromatic nitrogens is 3. The first-order valence-electron chi connectivity index (χ1n) is 11.7. The highest BCUT2D eigenvalue weighted by molar-refractivity contribution is 7.15. The molecule has 2 aromatic carbocycles. The normalized spacial score (nSPS) is 15.9. The Morgan fingerprint density at radius 3 is 2.46 bits per heavy atom. The summed E-state index contributed by atoms with van der Waals surface area (Å²) < 4.78 is 76.7. The maximum absolute atomic E-state index is 13.6. The number of halogens is 6. The van der Waals surface area contributed by atoms with Gasteiger partial charge in [0.05, 0.1) is 21.2 Å². The van der Waals surface area contributed by atoms with Crippen LogP contribution in [0, 0.1) is 0 Å². The van der Waals surface area contributed by atoms with E-state index in [-0.39, 0.29) is 43.4 Å². The van der Waals surface area contributed by atoms with Crippen molar-refractivity contribution in [1.82, 2.24) is 20.0 Å². The number of hydrogen-bond donors (Lipinski definition) is 1. The third kappa shape index (κ3) is 6.48. The molecule has 14 heteroatoms. The molecule has 3 heterocycles. The fraction of sp³-hybridized carbons (Fsp3) is 0.320. The number of H-pyrrole nitrogens is 1. The predicted octanol–water partition coefficient (Wildman–Crippen LogP) is 6.64. The number of nitrogens with one attached hydrogen (secondary N) is 1. The number of likely N-dealkylation sites (tertiary alicyclic amines) is 1. The quantitative estimate of drug-likeness (QED) is 0.245. The molecular formula is C25H20ClF5N4O3S. The van der Waals surface area contributed by atoms with Gasteiger partial charge in [0.2, 0.25) is 0 Å². The summed E-state index contributed by atoms with van der Waals surface area (Å²) in [7, 11) is 0. The lowest BCUT2D eigenvalue weighted by molar-refractivity contribution is -0.137. The Kier molecular flexibility index (Phi) is 7.49. The van der Waals surface area contributed by atoms with Crippen molar-refractivity contribution in [3.05, 3.63) is 74.2 Å². The van der Waals surface area contributed by atoms with Crippen LogP contribution in [0.25, 0.3) is 22.0 Å². The van der Waals surface area contributed by atoms with Crippen molar-refractivity contribution in [3.8, 4) is 27.7 Å². The van der Waals surface area contributed by atoms with Gasteiger partial charge in [-0.1, -0.05) is 28.9 Å². The van der Waals surface area contributed by atoms with Gasteiger partial charge in [-0.25, -0.2) is 18.6 Å². The van der Waals surface area contributed by atoms with Crippen molar-refractivity contribution in [1.29, 1.82) is 0 Å². The molecule has 0 bridgehead atoms. The Labute approximate surface area is 227 Å². The van der Waals surface area contributed by atoms with Crippen molar-refractivity contribution in [2.75, 3.05) is 13.1 Å². The van der Waals surface area contributed by atoms with E-state index in [0.29, 0.717) is 39.0 Å². The number of hydrogen-bond acceptors (Lipinski definition) is 7. The third-order valence-electron chi connectivity index (χ3n) is 6.20. The molecule has 1 aliphatic heterocycles. The minimum atomic E-state index is -4.46. The van der Waals surface area contributed by atoms with Crippen LogP contribution in [0.3, 0.4) is 0 Å². The fourth-order valence-corrected chi connectivity index (χ4v) is 5.32. The van der Waals surface area contributed by atoms with Gasteiger partial charge in [-0.05, 0) is 30.3 Å². The molecule has 206 valence electrons. The van der Waals surface area contributed by atoms with Crippen LogP contribution in [0.5, 0.6) is 5.75 Å². The lowest BCUT2D eigenvalue weighted by atomic mass is 10.1. The van der Waals surface area contributed by atoms with Gasteiger partial charge < -0.3 is 4.74 Å². The maximum Gasteiger partial charge on any atom is 0.439 e. The summed E-state index contributed by atoms with van der Waals surface area (Å²) in [4.78, 5) is 20.8. The maximum atomic E-state index is 13.6. The number of alkyl halides is 5. The monoisotopic (exact) mass is 586 g/mol. The SMILES string of the molecule is O=c1[nH]c(-c2ccc(OCc3sc(-c4ccc(C(F)(F)F)cc4)nc3CN3CCC(F)(F)CC3)cc2Cl)no1. The summed E-state index contributed by atoms with van der Waals surface area (Å²) in [6.45, 7) is 0.752. The van der Waals surface area contributed by atoms with E-state index in [9.17, 15) is 26.7 Å². The standard InChI is InChI=1S/C25H20ClF5N4O3S/c26-18-11-16(5-6-17(18)21-33-23(36)38-34-21)37-13-20-19(12-35-9-7-24(27,28)8-10-35)32-22(39-20)14-1-3-15(4-2-14)25(29,30)31/h1-6,11H,7-10,12-13H2,(H,33,34,36). The minimum Gasteiger partial charge on any atom is -0.488 e. The molecule has 7 nitrogen and oxygen atoms in total. The first-order valence-corrected chi connectivity index (χ1v) is 12.9. The summed E-state index contributed by atoms with van der Waals surface area (Å²) in [6.07, 6.45) is -4.96. The molecule has 0 saturated carbocycles. The van der Waals surface area contributed by atoms with E-state index >= 15 is 0 Å². The first kappa shape index (κ1) is 27.3. The second-order valence-corrected chi connectivity index (χ2v) is 10.5. The van der Waals surface area contributed by atoms with Gasteiger partial charge in [0.25, 0.3) is 5.92 Å². The van der Waals surface area contributed by atoms with Crippen LogP contribution in [-0.2, 0) is 19.3 Å². The zero-order valence-electron chi connectivity index (χ0n) is 20.0. The molecule has 0 amide bonds. The lowest BCUT2D eigenvalue weighted by Crippen LogP contribution is -2.39. The Balaban J connectivity index is 1.37. The van der Waals surface area contributed by atoms with E-state index in [1.54, 1.807) is 12.1 Å². The van der Waals surface area contributed by atoms with Crippen LogP contribution < -0.4 is 10.5 Å². The molecular weight excluding hydrogens is 567 g/mol. The number of nitrogens with zero attached hydrogens (tertiary/aromatic N) is 3.